The number of rotatable bonds is 2. The van der Waals surface area contributed by atoms with Gasteiger partial charge >= 0.3 is 6.09 Å². The number of carbonyl (C=O) groups excluding carboxylic acids is 1. The van der Waals surface area contributed by atoms with E-state index < -0.39 is 5.60 Å². The molecule has 8 heteroatoms. The van der Waals surface area contributed by atoms with Gasteiger partial charge in [0.05, 0.1) is 6.34 Å². The zero-order valence-corrected chi connectivity index (χ0v) is 19.4. The summed E-state index contributed by atoms with van der Waals surface area (Å²) in [6, 6.07) is 0. The first kappa shape index (κ1) is 22.5. The van der Waals surface area contributed by atoms with Crippen molar-refractivity contribution in [2.45, 2.75) is 46.1 Å². The molecular weight excluding hydrogens is 422 g/mol. The highest BCUT2D eigenvalue weighted by molar-refractivity contribution is 9.11. The highest BCUT2D eigenvalue weighted by Crippen LogP contribution is 2.25. The first-order valence-electron chi connectivity index (χ1n) is 9.63. The van der Waals surface area contributed by atoms with Gasteiger partial charge in [-0.3, -0.25) is 0 Å². The van der Waals surface area contributed by atoms with Gasteiger partial charge in [0.2, 0.25) is 0 Å². The molecule has 0 aliphatic carbocycles. The Balaban J connectivity index is 2.19. The molecule has 28 heavy (non-hydrogen) atoms. The van der Waals surface area contributed by atoms with E-state index in [1.165, 1.54) is 5.57 Å². The van der Waals surface area contributed by atoms with Crippen LogP contribution >= 0.6 is 15.9 Å². The molecule has 0 aromatic carbocycles. The van der Waals surface area contributed by atoms with E-state index >= 15 is 0 Å². The van der Waals surface area contributed by atoms with Crippen molar-refractivity contribution in [2.24, 2.45) is 9.98 Å². The largest absolute Gasteiger partial charge is 0.444 e. The molecule has 0 N–H and O–H groups in total. The van der Waals surface area contributed by atoms with Gasteiger partial charge in [0.1, 0.15) is 11.3 Å². The smallest absolute Gasteiger partial charge is 0.410 e. The summed E-state index contributed by atoms with van der Waals surface area (Å²) in [5.74, 6) is 0.857. The molecule has 0 saturated carbocycles. The topological polar surface area (TPSA) is 60.7 Å². The maximum atomic E-state index is 12.3. The van der Waals surface area contributed by atoms with Crippen LogP contribution in [-0.2, 0) is 4.74 Å². The molecular formula is C20H32BrN5O2. The predicted octanol–water partition coefficient (Wildman–Crippen LogP) is 3.83. The first-order valence-corrected chi connectivity index (χ1v) is 10.4. The minimum Gasteiger partial charge on any atom is -0.444 e. The van der Waals surface area contributed by atoms with Gasteiger partial charge in [-0.2, -0.15) is 0 Å². The molecule has 0 bridgehead atoms. The molecule has 0 atom stereocenters. The van der Waals surface area contributed by atoms with Crippen LogP contribution < -0.4 is 0 Å². The number of allylic oxidation sites excluding steroid dienone is 2. The van der Waals surface area contributed by atoms with Crippen LogP contribution in [0.15, 0.2) is 31.9 Å². The van der Waals surface area contributed by atoms with E-state index in [4.69, 9.17) is 14.7 Å². The SMILES string of the molecule is C\C1=C(N=CN(C)C)/C(N2CCN(C(=O)OC(C)(C)C)CC2)=N\C=C(\Br)CC1. The number of aliphatic imine (C=N–C) groups is 2. The number of hydrogen-bond donors (Lipinski definition) is 0. The maximum Gasteiger partial charge on any atom is 0.410 e. The molecule has 2 heterocycles. The van der Waals surface area contributed by atoms with Crippen molar-refractivity contribution in [2.75, 3.05) is 40.3 Å². The third-order valence-electron chi connectivity index (χ3n) is 4.33. The highest BCUT2D eigenvalue weighted by Gasteiger charge is 2.28. The summed E-state index contributed by atoms with van der Waals surface area (Å²) in [7, 11) is 3.91. The van der Waals surface area contributed by atoms with Crippen LogP contribution in [0.25, 0.3) is 0 Å². The lowest BCUT2D eigenvalue weighted by atomic mass is 10.1. The van der Waals surface area contributed by atoms with E-state index in [1.54, 1.807) is 4.90 Å². The number of carbonyl (C=O) groups is 1. The number of ether oxygens (including phenoxy) is 1. The second-order valence-electron chi connectivity index (χ2n) is 8.32. The predicted molar refractivity (Wildman–Crippen MR) is 118 cm³/mol. The molecule has 2 rings (SSSR count). The molecule has 0 spiro atoms. The lowest BCUT2D eigenvalue weighted by Gasteiger charge is -2.37. The summed E-state index contributed by atoms with van der Waals surface area (Å²) in [5.41, 5.74) is 1.63. The number of piperazine rings is 1. The highest BCUT2D eigenvalue weighted by atomic mass is 79.9. The lowest BCUT2D eigenvalue weighted by Crippen LogP contribution is -2.52. The maximum absolute atomic E-state index is 12.3. The van der Waals surface area contributed by atoms with Crippen LogP contribution in [0.4, 0.5) is 4.79 Å². The van der Waals surface area contributed by atoms with Crippen molar-refractivity contribution in [3.63, 3.8) is 0 Å². The van der Waals surface area contributed by atoms with Gasteiger partial charge in [-0.25, -0.2) is 14.8 Å². The average Bonchev–Trinajstić information content (AvgIpc) is 2.59. The Morgan fingerprint density at radius 1 is 1.25 bits per heavy atom. The van der Waals surface area contributed by atoms with Crippen molar-refractivity contribution in [1.29, 1.82) is 0 Å². The van der Waals surface area contributed by atoms with Gasteiger partial charge < -0.3 is 19.4 Å². The molecule has 2 aliphatic heterocycles. The zero-order valence-electron chi connectivity index (χ0n) is 17.8. The third-order valence-corrected chi connectivity index (χ3v) is 4.93. The molecule has 0 unspecified atom stereocenters. The minimum absolute atomic E-state index is 0.257. The van der Waals surface area contributed by atoms with Crippen LogP contribution in [0.5, 0.6) is 0 Å². The van der Waals surface area contributed by atoms with E-state index in [1.807, 2.05) is 52.3 Å². The second kappa shape index (κ2) is 9.58. The number of amidine groups is 1. The normalized spacial score (nSPS) is 25.5. The van der Waals surface area contributed by atoms with Crippen LogP contribution in [0, 0.1) is 0 Å². The monoisotopic (exact) mass is 453 g/mol. The van der Waals surface area contributed by atoms with Crippen molar-refractivity contribution < 1.29 is 9.53 Å². The fourth-order valence-corrected chi connectivity index (χ4v) is 3.17. The Morgan fingerprint density at radius 3 is 2.46 bits per heavy atom. The molecule has 1 fully saturated rings. The minimum atomic E-state index is -0.483. The molecule has 1 saturated heterocycles. The number of hydrogen-bond acceptors (Lipinski definition) is 5. The standard InChI is InChI=1S/C20H32BrN5O2/c1-15-7-8-16(21)13-22-18(17(15)23-14-24(5)6)25-9-11-26(12-10-25)19(27)28-20(2,3)4/h13-14H,7-12H2,1-6H3/b16-13+,17-15-,22-18+,23-14?. The van der Waals surface area contributed by atoms with Crippen LogP contribution in [-0.4, -0.2) is 78.8 Å². The molecule has 0 radical (unpaired) electrons. The zero-order chi connectivity index (χ0) is 20.9. The van der Waals surface area contributed by atoms with E-state index in [0.29, 0.717) is 26.2 Å². The van der Waals surface area contributed by atoms with Gasteiger partial charge in [-0.1, -0.05) is 15.9 Å². The summed E-state index contributed by atoms with van der Waals surface area (Å²) >= 11 is 3.59. The Bertz CT molecular complexity index is 696. The Morgan fingerprint density at radius 2 is 1.89 bits per heavy atom. The van der Waals surface area contributed by atoms with Gasteiger partial charge in [0.15, 0.2) is 5.84 Å². The Hall–Kier alpha value is -1.83. The lowest BCUT2D eigenvalue weighted by molar-refractivity contribution is 0.0187. The van der Waals surface area contributed by atoms with E-state index in [2.05, 4.69) is 27.8 Å². The van der Waals surface area contributed by atoms with Crippen LogP contribution in [0.2, 0.25) is 0 Å². The average molecular weight is 454 g/mol. The number of halogens is 1. The van der Waals surface area contributed by atoms with E-state index in [9.17, 15) is 4.79 Å². The number of amides is 1. The van der Waals surface area contributed by atoms with Crippen molar-refractivity contribution in [3.8, 4) is 0 Å². The molecule has 0 aromatic heterocycles. The quantitative estimate of drug-likeness (QED) is 0.470. The molecule has 156 valence electrons. The van der Waals surface area contributed by atoms with E-state index in [0.717, 1.165) is 28.9 Å². The van der Waals surface area contributed by atoms with Crippen molar-refractivity contribution in [3.05, 3.63) is 22.0 Å². The summed E-state index contributed by atoms with van der Waals surface area (Å²) < 4.78 is 6.57. The van der Waals surface area contributed by atoms with Crippen LogP contribution in [0.3, 0.4) is 0 Å². The number of nitrogens with zero attached hydrogens (tertiary/aromatic N) is 5. The molecule has 7 nitrogen and oxygen atoms in total. The Kier molecular flexibility index (Phi) is 7.69. The van der Waals surface area contributed by atoms with E-state index in [-0.39, 0.29) is 6.09 Å². The summed E-state index contributed by atoms with van der Waals surface area (Å²) in [6.07, 6.45) is 5.26. The van der Waals surface area contributed by atoms with Crippen LogP contribution in [0.1, 0.15) is 40.5 Å². The molecule has 1 amide bonds. The Labute approximate surface area is 176 Å². The summed E-state index contributed by atoms with van der Waals surface area (Å²) in [5, 5.41) is 0. The molecule has 2 aliphatic rings. The van der Waals surface area contributed by atoms with Gasteiger partial charge in [0.25, 0.3) is 0 Å². The fraction of sp³-hybridized carbons (Fsp3) is 0.650. The van der Waals surface area contributed by atoms with Gasteiger partial charge in [-0.05, 0) is 46.1 Å². The molecule has 0 aromatic rings. The summed E-state index contributed by atoms with van der Waals surface area (Å²) in [4.78, 5) is 27.7. The fourth-order valence-electron chi connectivity index (χ4n) is 2.87. The second-order valence-corrected chi connectivity index (χ2v) is 9.34. The van der Waals surface area contributed by atoms with Crippen molar-refractivity contribution in [1.82, 2.24) is 14.7 Å². The first-order chi connectivity index (χ1) is 13.1. The van der Waals surface area contributed by atoms with Gasteiger partial charge in [0, 0.05) is 51.0 Å². The summed E-state index contributed by atoms with van der Waals surface area (Å²) in [6.45, 7) is 10.4. The van der Waals surface area contributed by atoms with Gasteiger partial charge in [-0.15, -0.1) is 0 Å². The van der Waals surface area contributed by atoms with Crippen molar-refractivity contribution >= 4 is 34.2 Å². The third kappa shape index (κ3) is 6.65.